The van der Waals surface area contributed by atoms with Gasteiger partial charge in [-0.15, -0.1) is 12.4 Å². The third-order valence-electron chi connectivity index (χ3n) is 2.56. The van der Waals surface area contributed by atoms with Crippen LogP contribution < -0.4 is 15.8 Å². The number of hydrogen-bond acceptors (Lipinski definition) is 3. The van der Waals surface area contributed by atoms with Gasteiger partial charge in [-0.1, -0.05) is 12.1 Å². The van der Waals surface area contributed by atoms with Crippen LogP contribution in [0.5, 0.6) is 5.75 Å². The molecule has 5 heteroatoms. The smallest absolute Gasteiger partial charge is 0.220 e. The highest BCUT2D eigenvalue weighted by Crippen LogP contribution is 2.12. The van der Waals surface area contributed by atoms with E-state index in [0.29, 0.717) is 13.0 Å². The van der Waals surface area contributed by atoms with Crippen LogP contribution in [0.4, 0.5) is 0 Å². The number of rotatable bonds is 6. The van der Waals surface area contributed by atoms with Crippen molar-refractivity contribution >= 4 is 18.3 Å². The van der Waals surface area contributed by atoms with Crippen molar-refractivity contribution in [1.29, 1.82) is 0 Å². The first kappa shape index (κ1) is 16.7. The molecule has 3 N–H and O–H groups in total. The maximum absolute atomic E-state index is 11.5. The molecule has 18 heavy (non-hydrogen) atoms. The minimum Gasteiger partial charge on any atom is -0.497 e. The number of nitrogens with one attached hydrogen (secondary N) is 1. The van der Waals surface area contributed by atoms with Crippen molar-refractivity contribution in [3.63, 3.8) is 0 Å². The van der Waals surface area contributed by atoms with E-state index < -0.39 is 0 Å². The van der Waals surface area contributed by atoms with Gasteiger partial charge in [0.1, 0.15) is 5.75 Å². The van der Waals surface area contributed by atoms with Gasteiger partial charge in [0.15, 0.2) is 0 Å². The largest absolute Gasteiger partial charge is 0.497 e. The fourth-order valence-electron chi connectivity index (χ4n) is 1.46. The topological polar surface area (TPSA) is 64.3 Å². The van der Waals surface area contributed by atoms with Crippen molar-refractivity contribution in [2.75, 3.05) is 13.7 Å². The quantitative estimate of drug-likeness (QED) is 0.825. The van der Waals surface area contributed by atoms with E-state index in [0.717, 1.165) is 17.7 Å². The van der Waals surface area contributed by atoms with Crippen LogP contribution in [0, 0.1) is 0 Å². The summed E-state index contributed by atoms with van der Waals surface area (Å²) in [6, 6.07) is 7.78. The van der Waals surface area contributed by atoms with Gasteiger partial charge in [-0.3, -0.25) is 4.79 Å². The van der Waals surface area contributed by atoms with Crippen LogP contribution in [0.1, 0.15) is 18.9 Å². The molecule has 0 fully saturated rings. The predicted octanol–water partition coefficient (Wildman–Crippen LogP) is 1.51. The molecule has 0 spiro atoms. The number of carbonyl (C=O) groups is 1. The molecule has 0 aliphatic rings. The van der Waals surface area contributed by atoms with Crippen LogP contribution in [0.2, 0.25) is 0 Å². The molecule has 4 nitrogen and oxygen atoms in total. The Bertz CT molecular complexity index is 355. The van der Waals surface area contributed by atoms with Crippen LogP contribution in [0.15, 0.2) is 24.3 Å². The third-order valence-corrected chi connectivity index (χ3v) is 2.56. The molecule has 1 rings (SSSR count). The number of methoxy groups -OCH3 is 1. The number of nitrogens with two attached hydrogens (primary N) is 1. The van der Waals surface area contributed by atoms with E-state index in [1.807, 2.05) is 31.2 Å². The van der Waals surface area contributed by atoms with E-state index in [2.05, 4.69) is 5.32 Å². The molecule has 0 saturated heterocycles. The van der Waals surface area contributed by atoms with Crippen molar-refractivity contribution in [2.24, 2.45) is 5.73 Å². The molecule has 0 heterocycles. The van der Waals surface area contributed by atoms with Crippen molar-refractivity contribution in [3.05, 3.63) is 29.8 Å². The molecular formula is C13H21ClN2O2. The van der Waals surface area contributed by atoms with Crippen LogP contribution in [0.3, 0.4) is 0 Å². The van der Waals surface area contributed by atoms with Crippen molar-refractivity contribution in [3.8, 4) is 5.75 Å². The molecule has 0 unspecified atom stereocenters. The van der Waals surface area contributed by atoms with E-state index in [-0.39, 0.29) is 24.4 Å². The standard InChI is InChI=1S/C13H20N2O2.ClH/c1-10(9-14)15-13(16)8-5-11-3-6-12(17-2)7-4-11;/h3-4,6-7,10H,5,8-9,14H2,1-2H3,(H,15,16);1H/t10-;/m0./s1. The van der Waals surface area contributed by atoms with Gasteiger partial charge in [-0.05, 0) is 31.0 Å². The van der Waals surface area contributed by atoms with Gasteiger partial charge in [-0.25, -0.2) is 0 Å². The summed E-state index contributed by atoms with van der Waals surface area (Å²) >= 11 is 0. The summed E-state index contributed by atoms with van der Waals surface area (Å²) in [5.74, 6) is 0.869. The lowest BCUT2D eigenvalue weighted by atomic mass is 10.1. The number of benzene rings is 1. The second-order valence-corrected chi connectivity index (χ2v) is 4.05. The molecular weight excluding hydrogens is 252 g/mol. The highest BCUT2D eigenvalue weighted by molar-refractivity contribution is 5.85. The average molecular weight is 273 g/mol. The Labute approximate surface area is 114 Å². The summed E-state index contributed by atoms with van der Waals surface area (Å²) < 4.78 is 5.07. The fourth-order valence-corrected chi connectivity index (χ4v) is 1.46. The van der Waals surface area contributed by atoms with Gasteiger partial charge in [-0.2, -0.15) is 0 Å². The molecule has 0 aromatic heterocycles. The van der Waals surface area contributed by atoms with Crippen molar-refractivity contribution in [2.45, 2.75) is 25.8 Å². The summed E-state index contributed by atoms with van der Waals surface area (Å²) in [6.45, 7) is 2.36. The second kappa shape index (κ2) is 8.78. The summed E-state index contributed by atoms with van der Waals surface area (Å²) in [5.41, 5.74) is 6.56. The zero-order valence-electron chi connectivity index (χ0n) is 10.8. The lowest BCUT2D eigenvalue weighted by Crippen LogP contribution is -2.37. The normalized spacial score (nSPS) is 11.3. The first-order valence-corrected chi connectivity index (χ1v) is 5.78. The molecule has 0 bridgehead atoms. The number of hydrogen-bond donors (Lipinski definition) is 2. The predicted molar refractivity (Wildman–Crippen MR) is 75.2 cm³/mol. The van der Waals surface area contributed by atoms with E-state index in [9.17, 15) is 4.79 Å². The van der Waals surface area contributed by atoms with E-state index >= 15 is 0 Å². The van der Waals surface area contributed by atoms with Gasteiger partial charge in [0.25, 0.3) is 0 Å². The minimum absolute atomic E-state index is 0. The molecule has 1 aromatic carbocycles. The Kier molecular flexibility index (Phi) is 8.16. The number of aryl methyl sites for hydroxylation is 1. The van der Waals surface area contributed by atoms with Crippen molar-refractivity contribution in [1.82, 2.24) is 5.32 Å². The molecule has 0 aliphatic carbocycles. The molecule has 0 saturated carbocycles. The summed E-state index contributed by atoms with van der Waals surface area (Å²) in [7, 11) is 1.64. The van der Waals surface area contributed by atoms with Gasteiger partial charge in [0, 0.05) is 19.0 Å². The molecule has 102 valence electrons. The lowest BCUT2D eigenvalue weighted by Gasteiger charge is -2.11. The minimum atomic E-state index is 0. The molecule has 0 radical (unpaired) electrons. The molecule has 1 atom stereocenters. The Morgan fingerprint density at radius 2 is 2.00 bits per heavy atom. The van der Waals surface area contributed by atoms with Crippen LogP contribution in [-0.4, -0.2) is 25.6 Å². The lowest BCUT2D eigenvalue weighted by molar-refractivity contribution is -0.121. The maximum Gasteiger partial charge on any atom is 0.220 e. The summed E-state index contributed by atoms with van der Waals surface area (Å²) in [6.07, 6.45) is 1.21. The first-order chi connectivity index (χ1) is 8.15. The Morgan fingerprint density at radius 3 is 2.50 bits per heavy atom. The van der Waals surface area contributed by atoms with E-state index in [4.69, 9.17) is 10.5 Å². The number of halogens is 1. The highest BCUT2D eigenvalue weighted by Gasteiger charge is 2.05. The Morgan fingerprint density at radius 1 is 1.39 bits per heavy atom. The van der Waals surface area contributed by atoms with Crippen molar-refractivity contribution < 1.29 is 9.53 Å². The Balaban J connectivity index is 0.00000289. The van der Waals surface area contributed by atoms with Crippen LogP contribution >= 0.6 is 12.4 Å². The van der Waals surface area contributed by atoms with E-state index in [1.54, 1.807) is 7.11 Å². The number of carbonyl (C=O) groups excluding carboxylic acids is 1. The fraction of sp³-hybridized carbons (Fsp3) is 0.462. The molecule has 1 aromatic rings. The van der Waals surface area contributed by atoms with Gasteiger partial charge in [0.05, 0.1) is 7.11 Å². The number of ether oxygens (including phenoxy) is 1. The SMILES string of the molecule is COc1ccc(CCC(=O)N[C@@H](C)CN)cc1.Cl. The summed E-state index contributed by atoms with van der Waals surface area (Å²) in [5, 5.41) is 2.83. The molecule has 1 amide bonds. The van der Waals surface area contributed by atoms with Crippen LogP contribution in [-0.2, 0) is 11.2 Å². The zero-order valence-corrected chi connectivity index (χ0v) is 11.6. The first-order valence-electron chi connectivity index (χ1n) is 5.78. The van der Waals surface area contributed by atoms with Crippen LogP contribution in [0.25, 0.3) is 0 Å². The second-order valence-electron chi connectivity index (χ2n) is 4.05. The van der Waals surface area contributed by atoms with Gasteiger partial charge >= 0.3 is 0 Å². The molecule has 0 aliphatic heterocycles. The Hall–Kier alpha value is -1.26. The van der Waals surface area contributed by atoms with Gasteiger partial charge < -0.3 is 15.8 Å². The zero-order chi connectivity index (χ0) is 12.7. The maximum atomic E-state index is 11.5. The monoisotopic (exact) mass is 272 g/mol. The number of amides is 1. The average Bonchev–Trinajstić information content (AvgIpc) is 2.36. The third kappa shape index (κ3) is 5.89. The summed E-state index contributed by atoms with van der Waals surface area (Å²) in [4.78, 5) is 11.5. The van der Waals surface area contributed by atoms with E-state index in [1.165, 1.54) is 0 Å². The van der Waals surface area contributed by atoms with Gasteiger partial charge in [0.2, 0.25) is 5.91 Å². The highest BCUT2D eigenvalue weighted by atomic mass is 35.5.